The largest absolute Gasteiger partial charge is 0.390 e. The highest BCUT2D eigenvalue weighted by molar-refractivity contribution is 7.92. The molecule has 0 bridgehead atoms. The molecule has 0 atom stereocenters. The van der Waals surface area contributed by atoms with E-state index in [1.165, 1.54) is 40.5 Å². The molecule has 0 radical (unpaired) electrons. The quantitative estimate of drug-likeness (QED) is 0.331. The summed E-state index contributed by atoms with van der Waals surface area (Å²) in [7, 11) is -3.73. The van der Waals surface area contributed by atoms with Crippen LogP contribution in [0.2, 0.25) is 5.02 Å². The number of carbonyl (C=O) groups excluding carboxylic acids is 1. The number of fused-ring (bicyclic) bond motifs is 1. The third-order valence-corrected chi connectivity index (χ3v) is 8.20. The number of sulfonamides is 1. The zero-order chi connectivity index (χ0) is 23.6. The van der Waals surface area contributed by atoms with Gasteiger partial charge in [-0.2, -0.15) is 5.10 Å². The topological polar surface area (TPSA) is 114 Å². The van der Waals surface area contributed by atoms with Crippen molar-refractivity contribution in [3.05, 3.63) is 75.1 Å². The Morgan fingerprint density at radius 3 is 2.42 bits per heavy atom. The molecule has 4 N–H and O–H groups in total. The smallest absolute Gasteiger partial charge is 0.274 e. The molecule has 0 saturated heterocycles. The number of carbonyl (C=O) groups is 1. The third-order valence-electron chi connectivity index (χ3n) is 5.43. The first-order chi connectivity index (χ1) is 15.7. The zero-order valence-corrected chi connectivity index (χ0v) is 20.3. The van der Waals surface area contributed by atoms with E-state index in [-0.39, 0.29) is 10.8 Å². The molecule has 0 fully saturated rings. The van der Waals surface area contributed by atoms with Gasteiger partial charge in [0, 0.05) is 15.6 Å². The molecule has 10 heteroatoms. The highest BCUT2D eigenvalue weighted by Crippen LogP contribution is 2.36. The van der Waals surface area contributed by atoms with E-state index in [2.05, 4.69) is 15.2 Å². The van der Waals surface area contributed by atoms with Crippen LogP contribution in [0.15, 0.2) is 58.5 Å². The Balaban J connectivity index is 1.44. The van der Waals surface area contributed by atoms with Gasteiger partial charge in [-0.15, -0.1) is 11.3 Å². The maximum Gasteiger partial charge on any atom is 0.274 e. The standard InChI is InChI=1S/C23H23ClN4O3S2/c1-14(26-27-23(29)21-19-4-2-3-5-20(19)32-22(21)25)15-6-10-17(11-7-15)28-33(30,31)18-12-8-16(24)9-13-18/h6-13,28H,2-5,25H2,1H3,(H,27,29). The molecule has 1 aromatic heterocycles. The van der Waals surface area contributed by atoms with Gasteiger partial charge >= 0.3 is 0 Å². The minimum Gasteiger partial charge on any atom is -0.390 e. The van der Waals surface area contributed by atoms with Crippen LogP contribution in [0.4, 0.5) is 10.7 Å². The summed E-state index contributed by atoms with van der Waals surface area (Å²) in [6.45, 7) is 1.76. The summed E-state index contributed by atoms with van der Waals surface area (Å²) in [6, 6.07) is 12.6. The van der Waals surface area contributed by atoms with Crippen LogP contribution in [0, 0.1) is 0 Å². The average molecular weight is 503 g/mol. The van der Waals surface area contributed by atoms with Crippen molar-refractivity contribution >= 4 is 55.3 Å². The molecule has 1 heterocycles. The van der Waals surface area contributed by atoms with Crippen molar-refractivity contribution in [3.63, 3.8) is 0 Å². The normalized spacial score (nSPS) is 13.9. The summed E-state index contributed by atoms with van der Waals surface area (Å²) in [5, 5.41) is 5.21. The van der Waals surface area contributed by atoms with Crippen LogP contribution >= 0.6 is 22.9 Å². The number of amides is 1. The number of thiophene rings is 1. The number of hydrogen-bond acceptors (Lipinski definition) is 6. The van der Waals surface area contributed by atoms with Crippen molar-refractivity contribution in [2.45, 2.75) is 37.5 Å². The van der Waals surface area contributed by atoms with Crippen LogP contribution in [0.1, 0.15) is 46.1 Å². The number of nitrogen functional groups attached to an aromatic ring is 1. The fourth-order valence-corrected chi connectivity index (χ4v) is 6.04. The summed E-state index contributed by atoms with van der Waals surface area (Å²) < 4.78 is 27.6. The number of anilines is 2. The van der Waals surface area contributed by atoms with E-state index < -0.39 is 10.0 Å². The predicted octanol–water partition coefficient (Wildman–Crippen LogP) is 4.82. The van der Waals surface area contributed by atoms with Crippen molar-refractivity contribution in [2.75, 3.05) is 10.5 Å². The first kappa shape index (κ1) is 23.3. The molecular weight excluding hydrogens is 480 g/mol. The van der Waals surface area contributed by atoms with Crippen LogP contribution < -0.4 is 15.9 Å². The Hall–Kier alpha value is -2.88. The molecule has 1 amide bonds. The van der Waals surface area contributed by atoms with Gasteiger partial charge < -0.3 is 5.73 Å². The number of benzene rings is 2. The van der Waals surface area contributed by atoms with E-state index in [9.17, 15) is 13.2 Å². The van der Waals surface area contributed by atoms with E-state index in [4.69, 9.17) is 17.3 Å². The molecule has 0 unspecified atom stereocenters. The van der Waals surface area contributed by atoms with E-state index >= 15 is 0 Å². The lowest BCUT2D eigenvalue weighted by atomic mass is 9.95. The average Bonchev–Trinajstić information content (AvgIpc) is 3.13. The summed E-state index contributed by atoms with van der Waals surface area (Å²) in [5.74, 6) is -0.307. The number of hydrazone groups is 1. The molecular formula is C23H23ClN4O3S2. The second kappa shape index (κ2) is 9.54. The van der Waals surface area contributed by atoms with Crippen LogP contribution in [-0.4, -0.2) is 20.0 Å². The third kappa shape index (κ3) is 5.21. The predicted molar refractivity (Wildman–Crippen MR) is 134 cm³/mol. The molecule has 172 valence electrons. The molecule has 0 saturated carbocycles. The second-order valence-corrected chi connectivity index (χ2v) is 11.0. The van der Waals surface area contributed by atoms with E-state index in [0.29, 0.717) is 27.0 Å². The van der Waals surface area contributed by atoms with E-state index in [1.807, 2.05) is 0 Å². The second-order valence-electron chi connectivity index (χ2n) is 7.73. The number of halogens is 1. The maximum absolute atomic E-state index is 12.7. The molecule has 0 spiro atoms. The van der Waals surface area contributed by atoms with Crippen LogP contribution in [0.25, 0.3) is 0 Å². The van der Waals surface area contributed by atoms with Crippen molar-refractivity contribution in [1.29, 1.82) is 0 Å². The Labute approximate surface area is 201 Å². The van der Waals surface area contributed by atoms with Crippen molar-refractivity contribution in [1.82, 2.24) is 5.43 Å². The molecule has 1 aliphatic rings. The summed E-state index contributed by atoms with van der Waals surface area (Å²) >= 11 is 7.31. The van der Waals surface area contributed by atoms with Gasteiger partial charge in [-0.05, 0) is 80.1 Å². The SMILES string of the molecule is CC(=NNC(=O)c1c(N)sc2c1CCCC2)c1ccc(NS(=O)(=O)c2ccc(Cl)cc2)cc1. The summed E-state index contributed by atoms with van der Waals surface area (Å²) in [4.78, 5) is 14.0. The first-order valence-corrected chi connectivity index (χ1v) is 13.1. The highest BCUT2D eigenvalue weighted by atomic mass is 35.5. The number of nitrogens with zero attached hydrogens (tertiary/aromatic N) is 1. The molecule has 33 heavy (non-hydrogen) atoms. The van der Waals surface area contributed by atoms with E-state index in [1.54, 1.807) is 31.2 Å². The van der Waals surface area contributed by atoms with Gasteiger partial charge in [0.1, 0.15) is 0 Å². The van der Waals surface area contributed by atoms with Gasteiger partial charge in [0.25, 0.3) is 15.9 Å². The van der Waals surface area contributed by atoms with Gasteiger partial charge in [0.15, 0.2) is 0 Å². The first-order valence-electron chi connectivity index (χ1n) is 10.4. The Kier molecular flexibility index (Phi) is 6.73. The Bertz CT molecular complexity index is 1310. The minimum absolute atomic E-state index is 0.117. The Morgan fingerprint density at radius 1 is 1.06 bits per heavy atom. The van der Waals surface area contributed by atoms with Gasteiger partial charge in [0.05, 0.1) is 21.2 Å². The summed E-state index contributed by atoms with van der Waals surface area (Å²) in [5.41, 5.74) is 12.0. The number of rotatable bonds is 6. The van der Waals surface area contributed by atoms with Gasteiger partial charge in [0.2, 0.25) is 0 Å². The lowest BCUT2D eigenvalue weighted by Crippen LogP contribution is -2.21. The molecule has 1 aliphatic carbocycles. The lowest BCUT2D eigenvalue weighted by molar-refractivity contribution is 0.0955. The highest BCUT2D eigenvalue weighted by Gasteiger charge is 2.24. The number of nitrogens with two attached hydrogens (primary N) is 1. The molecule has 0 aliphatic heterocycles. The van der Waals surface area contributed by atoms with Crippen LogP contribution in [0.3, 0.4) is 0 Å². The fourth-order valence-electron chi connectivity index (χ4n) is 3.70. The molecule has 3 aromatic rings. The monoisotopic (exact) mass is 502 g/mol. The molecule has 2 aromatic carbocycles. The number of hydrogen-bond donors (Lipinski definition) is 3. The molecule has 7 nitrogen and oxygen atoms in total. The number of nitrogens with one attached hydrogen (secondary N) is 2. The minimum atomic E-state index is -3.73. The van der Waals surface area contributed by atoms with E-state index in [0.717, 1.165) is 36.8 Å². The van der Waals surface area contributed by atoms with Gasteiger partial charge in [-0.3, -0.25) is 9.52 Å². The van der Waals surface area contributed by atoms with Crippen molar-refractivity contribution < 1.29 is 13.2 Å². The molecule has 4 rings (SSSR count). The van der Waals surface area contributed by atoms with Gasteiger partial charge in [-0.1, -0.05) is 23.7 Å². The maximum atomic E-state index is 12.7. The summed E-state index contributed by atoms with van der Waals surface area (Å²) in [6.07, 6.45) is 4.01. The Morgan fingerprint density at radius 2 is 1.73 bits per heavy atom. The van der Waals surface area contributed by atoms with Crippen LogP contribution in [-0.2, 0) is 22.9 Å². The van der Waals surface area contributed by atoms with Crippen molar-refractivity contribution in [2.24, 2.45) is 5.10 Å². The number of aryl methyl sites for hydroxylation is 1. The van der Waals surface area contributed by atoms with Crippen LogP contribution in [0.5, 0.6) is 0 Å². The lowest BCUT2D eigenvalue weighted by Gasteiger charge is -2.12. The van der Waals surface area contributed by atoms with Crippen molar-refractivity contribution in [3.8, 4) is 0 Å². The fraction of sp³-hybridized carbons (Fsp3) is 0.217. The zero-order valence-electron chi connectivity index (χ0n) is 17.9. The van der Waals surface area contributed by atoms with Gasteiger partial charge in [-0.25, -0.2) is 13.8 Å².